The normalized spacial score (nSPS) is 15.7. The molecule has 1 fully saturated rings. The van der Waals surface area contributed by atoms with E-state index < -0.39 is 0 Å². The van der Waals surface area contributed by atoms with Crippen molar-refractivity contribution in [3.63, 3.8) is 0 Å². The first-order valence-electron chi connectivity index (χ1n) is 7.57. The molecule has 2 aromatic rings. The molecule has 2 heterocycles. The smallest absolute Gasteiger partial charge is 0.224 e. The molecule has 2 N–H and O–H groups in total. The van der Waals surface area contributed by atoms with Crippen LogP contribution in [0.4, 0.5) is 5.69 Å². The van der Waals surface area contributed by atoms with Crippen molar-refractivity contribution < 1.29 is 4.79 Å². The van der Waals surface area contributed by atoms with Gasteiger partial charge in [0.2, 0.25) is 5.91 Å². The lowest BCUT2D eigenvalue weighted by atomic mass is 9.94. The Bertz CT molecular complexity index is 633. The molecule has 0 unspecified atom stereocenters. The number of benzene rings is 1. The monoisotopic (exact) mass is 300 g/mol. The van der Waals surface area contributed by atoms with Crippen LogP contribution < -0.4 is 10.6 Å². The number of carbonyl (C=O) groups is 1. The molecule has 1 aliphatic heterocycles. The van der Waals surface area contributed by atoms with Crippen LogP contribution in [0.5, 0.6) is 0 Å². The maximum atomic E-state index is 12.2. The first-order valence-corrected chi connectivity index (χ1v) is 7.57. The van der Waals surface area contributed by atoms with Crippen molar-refractivity contribution in [3.8, 4) is 5.69 Å². The summed E-state index contributed by atoms with van der Waals surface area (Å²) < 4.78 is 1.60. The number of hydrogen-bond acceptors (Lipinski definition) is 5. The van der Waals surface area contributed by atoms with Crippen LogP contribution in [0.3, 0.4) is 0 Å². The largest absolute Gasteiger partial charge is 0.326 e. The van der Waals surface area contributed by atoms with Crippen LogP contribution in [0, 0.1) is 12.8 Å². The molecule has 0 atom stereocenters. The number of amides is 1. The van der Waals surface area contributed by atoms with E-state index in [2.05, 4.69) is 26.2 Å². The Morgan fingerprint density at radius 1 is 1.41 bits per heavy atom. The molecule has 0 aliphatic carbocycles. The number of tetrazole rings is 1. The summed E-state index contributed by atoms with van der Waals surface area (Å²) in [7, 11) is 0. The van der Waals surface area contributed by atoms with E-state index >= 15 is 0 Å². The summed E-state index contributed by atoms with van der Waals surface area (Å²) in [6, 6.07) is 5.76. The topological polar surface area (TPSA) is 84.7 Å². The lowest BCUT2D eigenvalue weighted by molar-refractivity contribution is -0.117. The van der Waals surface area contributed by atoms with E-state index in [0.29, 0.717) is 12.3 Å². The summed E-state index contributed by atoms with van der Waals surface area (Å²) in [4.78, 5) is 12.2. The summed E-state index contributed by atoms with van der Waals surface area (Å²) in [6.45, 7) is 4.00. The minimum Gasteiger partial charge on any atom is -0.326 e. The third kappa shape index (κ3) is 3.48. The van der Waals surface area contributed by atoms with Crippen molar-refractivity contribution in [2.24, 2.45) is 5.92 Å². The molecule has 0 spiro atoms. The summed E-state index contributed by atoms with van der Waals surface area (Å²) in [5.41, 5.74) is 2.68. The Kier molecular flexibility index (Phi) is 4.43. The third-order valence-corrected chi connectivity index (χ3v) is 4.02. The average molecular weight is 300 g/mol. The lowest BCUT2D eigenvalue weighted by Gasteiger charge is -2.22. The number of carbonyl (C=O) groups excluding carboxylic acids is 1. The highest BCUT2D eigenvalue weighted by Gasteiger charge is 2.17. The van der Waals surface area contributed by atoms with E-state index in [9.17, 15) is 4.79 Å². The van der Waals surface area contributed by atoms with Crippen LogP contribution in [0.2, 0.25) is 0 Å². The van der Waals surface area contributed by atoms with Crippen molar-refractivity contribution >= 4 is 11.6 Å². The molecule has 1 aromatic carbocycles. The van der Waals surface area contributed by atoms with Crippen LogP contribution in [0.1, 0.15) is 24.8 Å². The average Bonchev–Trinajstić information content (AvgIpc) is 3.04. The van der Waals surface area contributed by atoms with Gasteiger partial charge in [-0.25, -0.2) is 4.68 Å². The molecule has 1 aromatic heterocycles. The molecule has 0 radical (unpaired) electrons. The van der Waals surface area contributed by atoms with Gasteiger partial charge in [0.05, 0.1) is 5.69 Å². The van der Waals surface area contributed by atoms with Gasteiger partial charge in [0.25, 0.3) is 0 Å². The van der Waals surface area contributed by atoms with Gasteiger partial charge in [0.1, 0.15) is 6.33 Å². The van der Waals surface area contributed by atoms with Gasteiger partial charge in [-0.1, -0.05) is 6.07 Å². The quantitative estimate of drug-likeness (QED) is 0.889. The second-order valence-corrected chi connectivity index (χ2v) is 5.70. The zero-order chi connectivity index (χ0) is 15.4. The highest BCUT2D eigenvalue weighted by Crippen LogP contribution is 2.20. The van der Waals surface area contributed by atoms with Crippen LogP contribution in [0.15, 0.2) is 24.5 Å². The minimum atomic E-state index is 0.0680. The Hall–Kier alpha value is -2.28. The van der Waals surface area contributed by atoms with Gasteiger partial charge < -0.3 is 10.6 Å². The van der Waals surface area contributed by atoms with E-state index in [1.165, 1.54) is 0 Å². The lowest BCUT2D eigenvalue weighted by Crippen LogP contribution is -2.30. The molecular weight excluding hydrogens is 280 g/mol. The number of hydrogen-bond donors (Lipinski definition) is 2. The molecule has 7 nitrogen and oxygen atoms in total. The van der Waals surface area contributed by atoms with Crippen LogP contribution in [-0.2, 0) is 4.79 Å². The number of piperidine rings is 1. The highest BCUT2D eigenvalue weighted by atomic mass is 16.1. The number of aryl methyl sites for hydroxylation is 1. The predicted octanol–water partition coefficient (Wildman–Crippen LogP) is 1.30. The van der Waals surface area contributed by atoms with Crippen LogP contribution in [0.25, 0.3) is 5.69 Å². The van der Waals surface area contributed by atoms with Crippen molar-refractivity contribution in [3.05, 3.63) is 30.1 Å². The third-order valence-electron chi connectivity index (χ3n) is 4.02. The molecule has 22 heavy (non-hydrogen) atoms. The van der Waals surface area contributed by atoms with Crippen molar-refractivity contribution in [1.82, 2.24) is 25.5 Å². The summed E-state index contributed by atoms with van der Waals surface area (Å²) in [5, 5.41) is 17.5. The molecule has 116 valence electrons. The fraction of sp³-hybridized carbons (Fsp3) is 0.467. The Morgan fingerprint density at radius 3 is 2.95 bits per heavy atom. The van der Waals surface area contributed by atoms with Gasteiger partial charge >= 0.3 is 0 Å². The van der Waals surface area contributed by atoms with Crippen molar-refractivity contribution in [2.75, 3.05) is 18.4 Å². The van der Waals surface area contributed by atoms with E-state index in [1.54, 1.807) is 11.0 Å². The number of anilines is 1. The summed E-state index contributed by atoms with van der Waals surface area (Å²) >= 11 is 0. The second-order valence-electron chi connectivity index (χ2n) is 5.70. The van der Waals surface area contributed by atoms with E-state index in [-0.39, 0.29) is 5.91 Å². The standard InChI is InChI=1S/C15H20N6O/c1-11-2-3-13(9-14(11)21-10-17-19-20-21)18-15(22)8-12-4-6-16-7-5-12/h2-3,9-10,12,16H,4-8H2,1H3,(H,18,22). The van der Waals surface area contributed by atoms with Gasteiger partial charge in [-0.05, 0) is 66.9 Å². The zero-order valence-electron chi connectivity index (χ0n) is 12.6. The molecular formula is C15H20N6O. The molecule has 1 amide bonds. The Balaban J connectivity index is 1.67. The number of nitrogens with zero attached hydrogens (tertiary/aromatic N) is 4. The van der Waals surface area contributed by atoms with Crippen LogP contribution >= 0.6 is 0 Å². The van der Waals surface area contributed by atoms with E-state index in [4.69, 9.17) is 0 Å². The molecule has 1 saturated heterocycles. The maximum absolute atomic E-state index is 12.2. The zero-order valence-corrected chi connectivity index (χ0v) is 12.6. The Morgan fingerprint density at radius 2 is 2.23 bits per heavy atom. The van der Waals surface area contributed by atoms with Gasteiger partial charge in [-0.15, -0.1) is 5.10 Å². The number of nitrogens with one attached hydrogen (secondary N) is 2. The van der Waals surface area contributed by atoms with Gasteiger partial charge in [0, 0.05) is 12.1 Å². The first-order chi connectivity index (χ1) is 10.7. The Labute approximate surface area is 129 Å². The van der Waals surface area contributed by atoms with Crippen LogP contribution in [-0.4, -0.2) is 39.2 Å². The summed E-state index contributed by atoms with van der Waals surface area (Å²) in [6.07, 6.45) is 4.26. The van der Waals surface area contributed by atoms with Crippen molar-refractivity contribution in [2.45, 2.75) is 26.2 Å². The van der Waals surface area contributed by atoms with E-state index in [1.807, 2.05) is 25.1 Å². The molecule has 3 rings (SSSR count). The highest BCUT2D eigenvalue weighted by molar-refractivity contribution is 5.91. The molecule has 1 aliphatic rings. The SMILES string of the molecule is Cc1ccc(NC(=O)CC2CCNCC2)cc1-n1cnnn1. The van der Waals surface area contributed by atoms with Gasteiger partial charge in [-0.2, -0.15) is 0 Å². The van der Waals surface area contributed by atoms with E-state index in [0.717, 1.165) is 42.9 Å². The van der Waals surface area contributed by atoms with Gasteiger partial charge in [-0.3, -0.25) is 4.79 Å². The minimum absolute atomic E-state index is 0.0680. The summed E-state index contributed by atoms with van der Waals surface area (Å²) in [5.74, 6) is 0.545. The number of rotatable bonds is 4. The molecule has 0 bridgehead atoms. The van der Waals surface area contributed by atoms with Crippen molar-refractivity contribution in [1.29, 1.82) is 0 Å². The van der Waals surface area contributed by atoms with Gasteiger partial charge in [0.15, 0.2) is 0 Å². The number of aromatic nitrogens is 4. The first kappa shape index (κ1) is 14.6. The molecule has 0 saturated carbocycles. The predicted molar refractivity (Wildman–Crippen MR) is 82.7 cm³/mol. The maximum Gasteiger partial charge on any atom is 0.224 e. The fourth-order valence-electron chi connectivity index (χ4n) is 2.77. The second kappa shape index (κ2) is 6.65. The fourth-order valence-corrected chi connectivity index (χ4v) is 2.77. The molecule has 7 heteroatoms.